The van der Waals surface area contributed by atoms with Gasteiger partial charge >= 0.3 is 5.97 Å². The first-order valence-corrected chi connectivity index (χ1v) is 5.81. The summed E-state index contributed by atoms with van der Waals surface area (Å²) < 4.78 is 1.08. The molecule has 0 heterocycles. The Hall–Kier alpha value is -0.830. The highest BCUT2D eigenvalue weighted by atomic mass is 79.9. The van der Waals surface area contributed by atoms with Crippen LogP contribution in [0.15, 0.2) is 22.7 Å². The Kier molecular flexibility index (Phi) is 2.59. The quantitative estimate of drug-likeness (QED) is 0.914. The van der Waals surface area contributed by atoms with E-state index >= 15 is 0 Å². The molecular weight excluding hydrogens is 256 g/mol. The SMILES string of the molecule is Cc1cc(C2(CC(=O)O)CC2)ccc1Br. The van der Waals surface area contributed by atoms with Crippen molar-refractivity contribution in [1.82, 2.24) is 0 Å². The molecule has 3 heteroatoms. The summed E-state index contributed by atoms with van der Waals surface area (Å²) >= 11 is 3.45. The van der Waals surface area contributed by atoms with Crippen molar-refractivity contribution in [3.05, 3.63) is 33.8 Å². The average molecular weight is 269 g/mol. The molecule has 0 amide bonds. The van der Waals surface area contributed by atoms with Crippen LogP contribution in [-0.2, 0) is 10.2 Å². The minimum Gasteiger partial charge on any atom is -0.481 e. The van der Waals surface area contributed by atoms with Gasteiger partial charge in [-0.05, 0) is 37.0 Å². The van der Waals surface area contributed by atoms with Gasteiger partial charge in [0.15, 0.2) is 0 Å². The first-order chi connectivity index (χ1) is 7.03. The minimum atomic E-state index is -0.701. The summed E-state index contributed by atoms with van der Waals surface area (Å²) in [4.78, 5) is 10.8. The summed E-state index contributed by atoms with van der Waals surface area (Å²) in [5.74, 6) is -0.701. The molecule has 0 aromatic heterocycles. The fraction of sp³-hybridized carbons (Fsp3) is 0.417. The van der Waals surface area contributed by atoms with Crippen LogP contribution in [0.1, 0.15) is 30.4 Å². The molecule has 2 rings (SSSR count). The van der Waals surface area contributed by atoms with Crippen LogP contribution in [0.2, 0.25) is 0 Å². The molecule has 1 aliphatic carbocycles. The Labute approximate surface area is 97.4 Å². The lowest BCUT2D eigenvalue weighted by Gasteiger charge is -2.14. The number of carboxylic acids is 1. The summed E-state index contributed by atoms with van der Waals surface area (Å²) in [7, 11) is 0. The molecule has 1 saturated carbocycles. The molecule has 0 radical (unpaired) electrons. The first kappa shape index (κ1) is 10.7. The van der Waals surface area contributed by atoms with Crippen LogP contribution in [0.5, 0.6) is 0 Å². The van der Waals surface area contributed by atoms with Crippen LogP contribution < -0.4 is 0 Å². The van der Waals surface area contributed by atoms with E-state index < -0.39 is 5.97 Å². The predicted octanol–water partition coefficient (Wildman–Crippen LogP) is 3.26. The van der Waals surface area contributed by atoms with Gasteiger partial charge in [0.05, 0.1) is 6.42 Å². The second-order valence-corrected chi connectivity index (χ2v) is 5.17. The third-order valence-corrected chi connectivity index (χ3v) is 4.00. The lowest BCUT2D eigenvalue weighted by molar-refractivity contribution is -0.137. The fourth-order valence-electron chi connectivity index (χ4n) is 1.98. The summed E-state index contributed by atoms with van der Waals surface area (Å²) in [6, 6.07) is 6.14. The highest BCUT2D eigenvalue weighted by molar-refractivity contribution is 9.10. The zero-order valence-corrected chi connectivity index (χ0v) is 10.2. The Balaban J connectivity index is 2.29. The molecule has 0 spiro atoms. The molecule has 2 nitrogen and oxygen atoms in total. The summed E-state index contributed by atoms with van der Waals surface area (Å²) in [5.41, 5.74) is 2.27. The van der Waals surface area contributed by atoms with Crippen LogP contribution in [0.4, 0.5) is 0 Å². The van der Waals surface area contributed by atoms with E-state index in [1.165, 1.54) is 11.1 Å². The molecule has 1 aromatic rings. The number of rotatable bonds is 3. The van der Waals surface area contributed by atoms with E-state index in [2.05, 4.69) is 22.0 Å². The van der Waals surface area contributed by atoms with Crippen LogP contribution in [0.3, 0.4) is 0 Å². The number of benzene rings is 1. The van der Waals surface area contributed by atoms with Crippen LogP contribution in [-0.4, -0.2) is 11.1 Å². The molecule has 0 bridgehead atoms. The first-order valence-electron chi connectivity index (χ1n) is 5.02. The number of aliphatic carboxylic acids is 1. The molecule has 1 aromatic carbocycles. The van der Waals surface area contributed by atoms with Gasteiger partial charge < -0.3 is 5.11 Å². The molecule has 0 unspecified atom stereocenters. The molecule has 15 heavy (non-hydrogen) atoms. The largest absolute Gasteiger partial charge is 0.481 e. The van der Waals surface area contributed by atoms with E-state index in [-0.39, 0.29) is 11.8 Å². The Bertz CT molecular complexity index is 408. The predicted molar refractivity (Wildman–Crippen MR) is 62.0 cm³/mol. The second-order valence-electron chi connectivity index (χ2n) is 4.31. The number of carbonyl (C=O) groups is 1. The maximum Gasteiger partial charge on any atom is 0.304 e. The van der Waals surface area contributed by atoms with Crippen molar-refractivity contribution in [3.8, 4) is 0 Å². The van der Waals surface area contributed by atoms with Crippen molar-refractivity contribution in [2.75, 3.05) is 0 Å². The van der Waals surface area contributed by atoms with Crippen molar-refractivity contribution in [1.29, 1.82) is 0 Å². The van der Waals surface area contributed by atoms with Crippen LogP contribution in [0, 0.1) is 6.92 Å². The van der Waals surface area contributed by atoms with Gasteiger partial charge in [-0.2, -0.15) is 0 Å². The minimum absolute atomic E-state index is 0.0721. The van der Waals surface area contributed by atoms with Gasteiger partial charge in [-0.3, -0.25) is 4.79 Å². The molecule has 0 aliphatic heterocycles. The number of hydrogen-bond acceptors (Lipinski definition) is 1. The number of halogens is 1. The van der Waals surface area contributed by atoms with Crippen LogP contribution >= 0.6 is 15.9 Å². The van der Waals surface area contributed by atoms with Gasteiger partial charge in [-0.15, -0.1) is 0 Å². The fourth-order valence-corrected chi connectivity index (χ4v) is 2.23. The van der Waals surface area contributed by atoms with Crippen molar-refractivity contribution in [2.45, 2.75) is 31.6 Å². The number of carboxylic acid groups (broad SMARTS) is 1. The monoisotopic (exact) mass is 268 g/mol. The number of aryl methyl sites for hydroxylation is 1. The molecule has 1 N–H and O–H groups in total. The van der Waals surface area contributed by atoms with Crippen molar-refractivity contribution >= 4 is 21.9 Å². The smallest absolute Gasteiger partial charge is 0.304 e. The van der Waals surface area contributed by atoms with Crippen molar-refractivity contribution < 1.29 is 9.90 Å². The van der Waals surface area contributed by atoms with E-state index in [1.807, 2.05) is 19.1 Å². The van der Waals surface area contributed by atoms with Gasteiger partial charge in [-0.1, -0.05) is 28.1 Å². The van der Waals surface area contributed by atoms with Crippen molar-refractivity contribution in [3.63, 3.8) is 0 Å². The number of hydrogen-bond donors (Lipinski definition) is 1. The van der Waals surface area contributed by atoms with E-state index in [9.17, 15) is 4.79 Å². The average Bonchev–Trinajstić information content (AvgIpc) is 2.89. The zero-order valence-electron chi connectivity index (χ0n) is 8.59. The highest BCUT2D eigenvalue weighted by Gasteiger charge is 2.45. The topological polar surface area (TPSA) is 37.3 Å². The van der Waals surface area contributed by atoms with E-state index in [1.54, 1.807) is 0 Å². The molecule has 0 atom stereocenters. The Morgan fingerprint density at radius 3 is 2.67 bits per heavy atom. The molecule has 0 saturated heterocycles. The van der Waals surface area contributed by atoms with E-state index in [4.69, 9.17) is 5.11 Å². The Morgan fingerprint density at radius 2 is 2.20 bits per heavy atom. The third-order valence-electron chi connectivity index (χ3n) is 3.11. The summed E-state index contributed by atoms with van der Waals surface area (Å²) in [6.45, 7) is 2.03. The molecular formula is C12H13BrO2. The third kappa shape index (κ3) is 2.07. The maximum absolute atomic E-state index is 10.8. The Morgan fingerprint density at radius 1 is 1.53 bits per heavy atom. The van der Waals surface area contributed by atoms with Crippen LogP contribution in [0.25, 0.3) is 0 Å². The standard InChI is InChI=1S/C12H13BrO2/c1-8-6-9(2-3-10(8)13)12(4-5-12)7-11(14)15/h2-3,6H,4-5,7H2,1H3,(H,14,15). The molecule has 80 valence electrons. The van der Waals surface area contributed by atoms with Gasteiger partial charge in [0, 0.05) is 9.89 Å². The lowest BCUT2D eigenvalue weighted by atomic mass is 9.91. The maximum atomic E-state index is 10.8. The highest BCUT2D eigenvalue weighted by Crippen LogP contribution is 2.51. The van der Waals surface area contributed by atoms with Gasteiger partial charge in [0.1, 0.15) is 0 Å². The van der Waals surface area contributed by atoms with Gasteiger partial charge in [0.25, 0.3) is 0 Å². The summed E-state index contributed by atoms with van der Waals surface area (Å²) in [6.07, 6.45) is 2.26. The van der Waals surface area contributed by atoms with E-state index in [0.29, 0.717) is 0 Å². The zero-order chi connectivity index (χ0) is 11.1. The normalized spacial score (nSPS) is 17.5. The lowest BCUT2D eigenvalue weighted by Crippen LogP contribution is -2.12. The van der Waals surface area contributed by atoms with Gasteiger partial charge in [-0.25, -0.2) is 0 Å². The van der Waals surface area contributed by atoms with Gasteiger partial charge in [0.2, 0.25) is 0 Å². The molecule has 1 fully saturated rings. The van der Waals surface area contributed by atoms with Crippen molar-refractivity contribution in [2.24, 2.45) is 0 Å². The summed E-state index contributed by atoms with van der Waals surface area (Å²) in [5, 5.41) is 8.87. The second kappa shape index (κ2) is 3.63. The molecule has 1 aliphatic rings. The van der Waals surface area contributed by atoms with E-state index in [0.717, 1.165) is 17.3 Å².